The fourth-order valence-electron chi connectivity index (χ4n) is 5.37. The van der Waals surface area contributed by atoms with E-state index in [0.29, 0.717) is 17.1 Å². The van der Waals surface area contributed by atoms with Crippen molar-refractivity contribution in [2.45, 2.75) is 35.3 Å². The average Bonchev–Trinajstić information content (AvgIpc) is 3.25. The Bertz CT molecular complexity index is 866. The third-order valence-electron chi connectivity index (χ3n) is 6.51. The Morgan fingerprint density at radius 3 is 2.59 bits per heavy atom. The normalized spacial score (nSPS) is 35.0. The molecule has 0 saturated carbocycles. The molecule has 4 rings (SSSR count). The van der Waals surface area contributed by atoms with E-state index in [9.17, 15) is 19.5 Å². The fourth-order valence-corrected chi connectivity index (χ4v) is 7.86. The van der Waals surface area contributed by atoms with E-state index in [4.69, 9.17) is 11.6 Å². The summed E-state index contributed by atoms with van der Waals surface area (Å²) in [5, 5.41) is 15.7. The molecule has 3 aliphatic heterocycles. The highest BCUT2D eigenvalue weighted by Crippen LogP contribution is 2.71. The van der Waals surface area contributed by atoms with Crippen LogP contribution in [0, 0.1) is 11.8 Å². The Morgan fingerprint density at radius 2 is 1.97 bits per heavy atom. The van der Waals surface area contributed by atoms with E-state index in [1.807, 2.05) is 6.92 Å². The number of β-amino-alcohol motifs (C(OH)–C–C–N with tert-alkyl or cyclic N) is 1. The maximum absolute atomic E-state index is 13.4. The molecule has 1 aromatic carbocycles. The summed E-state index contributed by atoms with van der Waals surface area (Å²) in [7, 11) is 1.57. The second-order valence-corrected chi connectivity index (χ2v) is 10.4. The third kappa shape index (κ3) is 2.95. The summed E-state index contributed by atoms with van der Waals surface area (Å²) in [4.78, 5) is 40.9. The molecule has 0 radical (unpaired) electrons. The number of aliphatic hydroxyl groups excluding tert-OH is 1. The second-order valence-electron chi connectivity index (χ2n) is 8.09. The van der Waals surface area contributed by atoms with Gasteiger partial charge in [0.2, 0.25) is 17.7 Å². The predicted octanol–water partition coefficient (Wildman–Crippen LogP) is 1.50. The lowest BCUT2D eigenvalue weighted by molar-refractivity contribution is -0.140. The van der Waals surface area contributed by atoms with E-state index in [0.717, 1.165) is 6.42 Å². The maximum Gasteiger partial charge on any atom is 0.248 e. The number of hydrogen-bond acceptors (Lipinski definition) is 5. The van der Waals surface area contributed by atoms with Crippen LogP contribution in [-0.2, 0) is 14.4 Å². The van der Waals surface area contributed by atoms with Gasteiger partial charge in [-0.15, -0.1) is 11.8 Å². The van der Waals surface area contributed by atoms with Crippen molar-refractivity contribution in [3.8, 4) is 0 Å². The quantitative estimate of drug-likeness (QED) is 0.648. The Labute approximate surface area is 178 Å². The van der Waals surface area contributed by atoms with Gasteiger partial charge in [0.15, 0.2) is 0 Å². The van der Waals surface area contributed by atoms with Crippen LogP contribution in [0.25, 0.3) is 0 Å². The van der Waals surface area contributed by atoms with E-state index in [-0.39, 0.29) is 35.6 Å². The van der Waals surface area contributed by atoms with Gasteiger partial charge < -0.3 is 20.6 Å². The van der Waals surface area contributed by atoms with Crippen LogP contribution < -0.4 is 10.6 Å². The van der Waals surface area contributed by atoms with Gasteiger partial charge in [-0.1, -0.05) is 11.6 Å². The number of aliphatic hydroxyl groups is 1. The minimum absolute atomic E-state index is 0.0630. The number of hydrogen-bond donors (Lipinski definition) is 3. The molecule has 3 saturated heterocycles. The zero-order valence-electron chi connectivity index (χ0n) is 16.3. The summed E-state index contributed by atoms with van der Waals surface area (Å²) in [5.41, 5.74) is 0.585. The van der Waals surface area contributed by atoms with Crippen LogP contribution >= 0.6 is 23.4 Å². The SMILES string of the molecule is CNC(=O)[C@H]1[C@H]2C(=O)N(CCO)C(C(=O)Nc3ccc(Cl)cc3)C23CC[C@]1(C)S3. The number of carbonyl (C=O) groups excluding carboxylic acids is 3. The van der Waals surface area contributed by atoms with Crippen molar-refractivity contribution in [2.24, 2.45) is 11.8 Å². The molecule has 5 atom stereocenters. The standard InChI is InChI=1S/C20H24ClN3O4S/c1-19-7-8-20(29-19)14(13(19)16(26)22-2)18(28)24(9-10-25)15(20)17(27)23-12-5-3-11(21)4-6-12/h3-6,13-15,25H,7-10H2,1-2H3,(H,22,26)(H,23,27)/t13-,14+,15?,19+,20?/m1/s1. The summed E-state index contributed by atoms with van der Waals surface area (Å²) in [6.07, 6.45) is 1.44. The van der Waals surface area contributed by atoms with E-state index in [2.05, 4.69) is 10.6 Å². The number of amides is 3. The Hall–Kier alpha value is -1.77. The van der Waals surface area contributed by atoms with Gasteiger partial charge in [-0.2, -0.15) is 0 Å². The van der Waals surface area contributed by atoms with Gasteiger partial charge in [-0.3, -0.25) is 14.4 Å². The largest absolute Gasteiger partial charge is 0.395 e. The number of thioether (sulfide) groups is 1. The first-order valence-corrected chi connectivity index (χ1v) is 10.9. The Morgan fingerprint density at radius 1 is 1.28 bits per heavy atom. The molecule has 1 spiro atoms. The molecule has 2 bridgehead atoms. The summed E-state index contributed by atoms with van der Waals surface area (Å²) >= 11 is 7.52. The zero-order chi connectivity index (χ0) is 21.0. The minimum Gasteiger partial charge on any atom is -0.395 e. The summed E-state index contributed by atoms with van der Waals surface area (Å²) < 4.78 is -1.06. The van der Waals surface area contributed by atoms with Crippen molar-refractivity contribution in [3.63, 3.8) is 0 Å². The number of anilines is 1. The number of rotatable bonds is 5. The van der Waals surface area contributed by atoms with Crippen LogP contribution in [0.2, 0.25) is 5.02 Å². The number of nitrogens with one attached hydrogen (secondary N) is 2. The summed E-state index contributed by atoms with van der Waals surface area (Å²) in [5.74, 6) is -1.75. The molecular weight excluding hydrogens is 414 g/mol. The van der Waals surface area contributed by atoms with Gasteiger partial charge in [-0.05, 0) is 44.0 Å². The molecule has 2 unspecified atom stereocenters. The monoisotopic (exact) mass is 437 g/mol. The van der Waals surface area contributed by atoms with Crippen molar-refractivity contribution in [3.05, 3.63) is 29.3 Å². The molecule has 3 N–H and O–H groups in total. The van der Waals surface area contributed by atoms with Crippen molar-refractivity contribution in [1.82, 2.24) is 10.2 Å². The average molecular weight is 438 g/mol. The predicted molar refractivity (Wildman–Crippen MR) is 112 cm³/mol. The molecule has 3 aliphatic rings. The highest BCUT2D eigenvalue weighted by atomic mass is 35.5. The van der Waals surface area contributed by atoms with Crippen LogP contribution in [0.4, 0.5) is 5.69 Å². The molecular formula is C20H24ClN3O4S. The highest BCUT2D eigenvalue weighted by Gasteiger charge is 2.76. The van der Waals surface area contributed by atoms with Gasteiger partial charge in [0.05, 0.1) is 23.2 Å². The molecule has 29 heavy (non-hydrogen) atoms. The number of fused-ring (bicyclic) bond motifs is 1. The molecule has 3 amide bonds. The van der Waals surface area contributed by atoms with Crippen molar-refractivity contribution >= 4 is 46.8 Å². The van der Waals surface area contributed by atoms with Crippen LogP contribution in [0.15, 0.2) is 24.3 Å². The van der Waals surface area contributed by atoms with Crippen LogP contribution in [0.1, 0.15) is 19.8 Å². The summed E-state index contributed by atoms with van der Waals surface area (Å²) in [6, 6.07) is 6.03. The highest BCUT2D eigenvalue weighted by molar-refractivity contribution is 8.02. The molecule has 3 heterocycles. The number of halogens is 1. The first-order chi connectivity index (χ1) is 13.8. The maximum atomic E-state index is 13.4. The van der Waals surface area contributed by atoms with Crippen LogP contribution in [-0.4, -0.2) is 63.5 Å². The molecule has 1 aromatic rings. The smallest absolute Gasteiger partial charge is 0.248 e. The Balaban J connectivity index is 1.72. The Kier molecular flexibility index (Phi) is 5.07. The van der Waals surface area contributed by atoms with E-state index in [1.165, 1.54) is 4.90 Å². The molecule has 156 valence electrons. The first-order valence-electron chi connectivity index (χ1n) is 9.67. The number of likely N-dealkylation sites (tertiary alicyclic amines) is 1. The lowest BCUT2D eigenvalue weighted by Crippen LogP contribution is -2.52. The van der Waals surface area contributed by atoms with Crippen LogP contribution in [0.3, 0.4) is 0 Å². The van der Waals surface area contributed by atoms with Crippen molar-refractivity contribution < 1.29 is 19.5 Å². The van der Waals surface area contributed by atoms with Gasteiger partial charge >= 0.3 is 0 Å². The number of carbonyl (C=O) groups is 3. The van der Waals surface area contributed by atoms with Gasteiger partial charge in [0.25, 0.3) is 0 Å². The fraction of sp³-hybridized carbons (Fsp3) is 0.550. The number of benzene rings is 1. The van der Waals surface area contributed by atoms with Gasteiger partial charge in [0.1, 0.15) is 6.04 Å². The van der Waals surface area contributed by atoms with Crippen molar-refractivity contribution in [2.75, 3.05) is 25.5 Å². The second kappa shape index (κ2) is 7.18. The molecule has 0 aliphatic carbocycles. The number of nitrogens with zero attached hydrogens (tertiary/aromatic N) is 1. The molecule has 7 nitrogen and oxygen atoms in total. The molecule has 0 aromatic heterocycles. The lowest BCUT2D eigenvalue weighted by atomic mass is 9.66. The first kappa shape index (κ1) is 20.5. The third-order valence-corrected chi connectivity index (χ3v) is 8.74. The van der Waals surface area contributed by atoms with Crippen molar-refractivity contribution in [1.29, 1.82) is 0 Å². The lowest BCUT2D eigenvalue weighted by Gasteiger charge is -2.34. The van der Waals surface area contributed by atoms with Gasteiger partial charge in [-0.25, -0.2) is 0 Å². The topological polar surface area (TPSA) is 98.7 Å². The summed E-state index contributed by atoms with van der Waals surface area (Å²) in [6.45, 7) is 1.84. The molecule has 3 fully saturated rings. The van der Waals surface area contributed by atoms with E-state index in [1.54, 1.807) is 43.1 Å². The van der Waals surface area contributed by atoms with Crippen LogP contribution in [0.5, 0.6) is 0 Å². The zero-order valence-corrected chi connectivity index (χ0v) is 17.8. The minimum atomic E-state index is -0.746. The molecule has 9 heteroatoms. The van der Waals surface area contributed by atoms with Gasteiger partial charge in [0, 0.05) is 29.0 Å². The van der Waals surface area contributed by atoms with E-state index < -0.39 is 22.6 Å². The van der Waals surface area contributed by atoms with E-state index >= 15 is 0 Å².